The van der Waals surface area contributed by atoms with Crippen LogP contribution < -0.4 is 0 Å². The van der Waals surface area contributed by atoms with Crippen molar-refractivity contribution in [3.63, 3.8) is 0 Å². The molecule has 0 saturated heterocycles. The summed E-state index contributed by atoms with van der Waals surface area (Å²) in [6.45, 7) is 4.35. The van der Waals surface area contributed by atoms with Crippen LogP contribution in [0.25, 0.3) is 44.6 Å². The van der Waals surface area contributed by atoms with Crippen molar-refractivity contribution in [3.8, 4) is 28.2 Å². The minimum atomic E-state index is 0.947. The van der Waals surface area contributed by atoms with Gasteiger partial charge in [0.05, 0.1) is 5.69 Å². The van der Waals surface area contributed by atoms with E-state index in [1.807, 2.05) is 4.52 Å². The van der Waals surface area contributed by atoms with Crippen molar-refractivity contribution >= 4 is 16.4 Å². The van der Waals surface area contributed by atoms with Gasteiger partial charge >= 0.3 is 0 Å². The Hall–Kier alpha value is -4.11. The van der Waals surface area contributed by atoms with Crippen LogP contribution in [0.1, 0.15) is 11.1 Å². The molecule has 0 aliphatic carbocycles. The molecule has 0 aliphatic heterocycles. The monoisotopic (exact) mass is 413 g/mol. The molecule has 0 N–H and O–H groups in total. The summed E-state index contributed by atoms with van der Waals surface area (Å²) >= 11 is 0. The van der Waals surface area contributed by atoms with Crippen molar-refractivity contribution in [1.29, 1.82) is 0 Å². The molecule has 4 aromatic carbocycles. The maximum Gasteiger partial charge on any atom is 0.167 e. The number of rotatable bonds is 3. The van der Waals surface area contributed by atoms with Crippen molar-refractivity contribution in [2.75, 3.05) is 0 Å². The van der Waals surface area contributed by atoms with Crippen molar-refractivity contribution in [2.45, 2.75) is 13.8 Å². The fraction of sp³-hybridized carbons (Fsp3) is 0.0690. The molecule has 0 fully saturated rings. The topological polar surface area (TPSA) is 22.2 Å². The quantitative estimate of drug-likeness (QED) is 0.300. The molecular weight excluding hydrogens is 390 g/mol. The highest BCUT2D eigenvalue weighted by Gasteiger charge is 2.22. The van der Waals surface area contributed by atoms with Crippen molar-refractivity contribution < 1.29 is 0 Å². The Balaban J connectivity index is 1.76. The number of fused-ring (bicyclic) bond motifs is 3. The third-order valence-electron chi connectivity index (χ3n) is 6.22. The van der Waals surface area contributed by atoms with E-state index in [-0.39, 0.29) is 0 Å². The summed E-state index contributed by atoms with van der Waals surface area (Å²) in [7, 11) is 0. The first-order valence-electron chi connectivity index (χ1n) is 10.9. The molecular formula is C29H23N3. The van der Waals surface area contributed by atoms with E-state index in [9.17, 15) is 0 Å². The first-order valence-corrected chi connectivity index (χ1v) is 10.9. The maximum absolute atomic E-state index is 5.14. The zero-order valence-corrected chi connectivity index (χ0v) is 18.2. The lowest BCUT2D eigenvalue weighted by molar-refractivity contribution is 0.984. The van der Waals surface area contributed by atoms with E-state index in [1.54, 1.807) is 0 Å². The molecule has 0 bridgehead atoms. The summed E-state index contributed by atoms with van der Waals surface area (Å²) in [5, 5.41) is 7.54. The standard InChI is InChI=1S/C29H23N3/c1-20-11-10-12-21(2)27(20)32-28(30-31-19-23-15-6-7-17-25(23)29(31)32)26-18-9-8-16-24(26)22-13-4-3-5-14-22/h3-19H,1-2H3. The van der Waals surface area contributed by atoms with Crippen LogP contribution in [0.5, 0.6) is 0 Å². The lowest BCUT2D eigenvalue weighted by Crippen LogP contribution is -2.03. The Morgan fingerprint density at radius 1 is 0.625 bits per heavy atom. The third kappa shape index (κ3) is 2.78. The van der Waals surface area contributed by atoms with E-state index in [2.05, 4.69) is 122 Å². The minimum absolute atomic E-state index is 0.947. The van der Waals surface area contributed by atoms with Crippen LogP contribution in [0.2, 0.25) is 0 Å². The van der Waals surface area contributed by atoms with E-state index < -0.39 is 0 Å². The van der Waals surface area contributed by atoms with Gasteiger partial charge in [-0.15, -0.1) is 5.10 Å². The fourth-order valence-corrected chi connectivity index (χ4v) is 4.77. The number of aryl methyl sites for hydroxylation is 2. The highest BCUT2D eigenvalue weighted by atomic mass is 15.3. The van der Waals surface area contributed by atoms with Gasteiger partial charge in [-0.05, 0) is 36.1 Å². The molecule has 0 atom stereocenters. The molecule has 0 spiro atoms. The van der Waals surface area contributed by atoms with Crippen molar-refractivity contribution in [1.82, 2.24) is 14.2 Å². The zero-order valence-electron chi connectivity index (χ0n) is 18.2. The lowest BCUT2D eigenvalue weighted by Gasteiger charge is -2.16. The van der Waals surface area contributed by atoms with Crippen LogP contribution in [0.3, 0.4) is 0 Å². The van der Waals surface area contributed by atoms with Crippen molar-refractivity contribution in [2.24, 2.45) is 0 Å². The number of para-hydroxylation sites is 1. The zero-order chi connectivity index (χ0) is 21.7. The molecule has 3 heteroatoms. The largest absolute Gasteiger partial charge is 0.276 e. The predicted molar refractivity (Wildman–Crippen MR) is 132 cm³/mol. The van der Waals surface area contributed by atoms with E-state index >= 15 is 0 Å². The predicted octanol–water partition coefficient (Wildman–Crippen LogP) is 7.23. The second kappa shape index (κ2) is 7.24. The number of hydrogen-bond donors (Lipinski definition) is 0. The molecule has 0 saturated carbocycles. The Kier molecular flexibility index (Phi) is 4.22. The average Bonchev–Trinajstić information content (AvgIpc) is 3.36. The summed E-state index contributed by atoms with van der Waals surface area (Å²) < 4.78 is 4.38. The van der Waals surface area contributed by atoms with E-state index in [0.717, 1.165) is 17.0 Å². The highest BCUT2D eigenvalue weighted by molar-refractivity contribution is 5.97. The van der Waals surface area contributed by atoms with Gasteiger partial charge in [0.25, 0.3) is 0 Å². The highest BCUT2D eigenvalue weighted by Crippen LogP contribution is 2.37. The fourth-order valence-electron chi connectivity index (χ4n) is 4.77. The third-order valence-corrected chi connectivity index (χ3v) is 6.22. The van der Waals surface area contributed by atoms with Crippen LogP contribution in [0.15, 0.2) is 103 Å². The van der Waals surface area contributed by atoms with Crippen LogP contribution in [-0.4, -0.2) is 14.2 Å². The molecule has 0 amide bonds. The maximum atomic E-state index is 5.14. The SMILES string of the molecule is Cc1cccc(C)c1-n1c(-c2ccccc2-c2ccccc2)nn2cc3ccccc3c12. The second-order valence-electron chi connectivity index (χ2n) is 8.30. The van der Waals surface area contributed by atoms with Crippen LogP contribution in [0, 0.1) is 13.8 Å². The molecule has 0 unspecified atom stereocenters. The Labute approximate surface area is 187 Å². The van der Waals surface area contributed by atoms with Gasteiger partial charge in [-0.25, -0.2) is 4.52 Å². The first kappa shape index (κ1) is 18.6. The first-order chi connectivity index (χ1) is 15.7. The van der Waals surface area contributed by atoms with Gasteiger partial charge in [-0.1, -0.05) is 97.1 Å². The summed E-state index contributed by atoms with van der Waals surface area (Å²) in [6, 6.07) is 34.1. The van der Waals surface area contributed by atoms with Gasteiger partial charge in [0.15, 0.2) is 5.82 Å². The Morgan fingerprint density at radius 2 is 1.28 bits per heavy atom. The number of hydrogen-bond acceptors (Lipinski definition) is 1. The Morgan fingerprint density at radius 3 is 2.06 bits per heavy atom. The molecule has 0 aliphatic rings. The molecule has 6 aromatic rings. The van der Waals surface area contributed by atoms with Crippen LogP contribution >= 0.6 is 0 Å². The van der Waals surface area contributed by atoms with Gasteiger partial charge in [-0.3, -0.25) is 4.57 Å². The van der Waals surface area contributed by atoms with Gasteiger partial charge in [0.2, 0.25) is 0 Å². The van der Waals surface area contributed by atoms with E-state index in [1.165, 1.54) is 38.7 Å². The van der Waals surface area contributed by atoms with Gasteiger partial charge in [-0.2, -0.15) is 0 Å². The second-order valence-corrected chi connectivity index (χ2v) is 8.30. The number of aromatic nitrogens is 3. The van der Waals surface area contributed by atoms with Gasteiger partial charge in [0.1, 0.15) is 5.65 Å². The molecule has 154 valence electrons. The molecule has 32 heavy (non-hydrogen) atoms. The van der Waals surface area contributed by atoms with Gasteiger partial charge < -0.3 is 0 Å². The van der Waals surface area contributed by atoms with E-state index in [4.69, 9.17) is 5.10 Å². The average molecular weight is 414 g/mol. The number of benzene rings is 4. The molecule has 6 rings (SSSR count). The Bertz CT molecular complexity index is 1570. The van der Waals surface area contributed by atoms with Crippen LogP contribution in [-0.2, 0) is 0 Å². The summed E-state index contributed by atoms with van der Waals surface area (Å²) in [4.78, 5) is 0. The molecule has 3 nitrogen and oxygen atoms in total. The molecule has 0 radical (unpaired) electrons. The molecule has 2 heterocycles. The van der Waals surface area contributed by atoms with E-state index in [0.29, 0.717) is 0 Å². The molecule has 2 aromatic heterocycles. The van der Waals surface area contributed by atoms with Crippen LogP contribution in [0.4, 0.5) is 0 Å². The normalized spacial score (nSPS) is 11.4. The summed E-state index contributed by atoms with van der Waals surface area (Å²) in [5.41, 5.74) is 8.23. The summed E-state index contributed by atoms with van der Waals surface area (Å²) in [6.07, 6.45) is 2.13. The van der Waals surface area contributed by atoms with Crippen molar-refractivity contribution in [3.05, 3.63) is 114 Å². The lowest BCUT2D eigenvalue weighted by atomic mass is 9.99. The number of nitrogens with zero attached hydrogens (tertiary/aromatic N) is 3. The summed E-state index contributed by atoms with van der Waals surface area (Å²) in [5.74, 6) is 0.947. The van der Waals surface area contributed by atoms with Gasteiger partial charge in [0, 0.05) is 22.5 Å². The minimum Gasteiger partial charge on any atom is -0.276 e. The smallest absolute Gasteiger partial charge is 0.167 e.